The molecular formula is C9H13N3O3. The Kier molecular flexibility index (Phi) is 2.57. The van der Waals surface area contributed by atoms with Crippen LogP contribution in [-0.2, 0) is 14.4 Å². The molecule has 82 valence electrons. The Morgan fingerprint density at radius 1 is 1.13 bits per heavy atom. The van der Waals surface area contributed by atoms with Crippen LogP contribution in [0.5, 0.6) is 0 Å². The van der Waals surface area contributed by atoms with Crippen molar-refractivity contribution in [2.75, 3.05) is 13.1 Å². The molecule has 0 aromatic carbocycles. The van der Waals surface area contributed by atoms with Crippen LogP contribution in [0.4, 0.5) is 0 Å². The second-order valence-corrected chi connectivity index (χ2v) is 3.92. The predicted molar refractivity (Wildman–Crippen MR) is 50.7 cm³/mol. The molecule has 2 aliphatic heterocycles. The SMILES string of the molecule is O=C1CC(NC(=O)C2CNC(=O)C2)CN1. The first-order valence-corrected chi connectivity index (χ1v) is 4.99. The van der Waals surface area contributed by atoms with Crippen molar-refractivity contribution in [2.24, 2.45) is 5.92 Å². The molecule has 0 spiro atoms. The number of hydrogen-bond acceptors (Lipinski definition) is 3. The molecule has 2 fully saturated rings. The van der Waals surface area contributed by atoms with Gasteiger partial charge in [-0.2, -0.15) is 0 Å². The Labute approximate surface area is 86.8 Å². The van der Waals surface area contributed by atoms with Gasteiger partial charge in [0.1, 0.15) is 0 Å². The summed E-state index contributed by atoms with van der Waals surface area (Å²) in [5, 5.41) is 8.00. The van der Waals surface area contributed by atoms with Crippen molar-refractivity contribution in [3.63, 3.8) is 0 Å². The van der Waals surface area contributed by atoms with Crippen LogP contribution in [0.3, 0.4) is 0 Å². The standard InChI is InChI=1S/C9H13N3O3/c13-7-1-5(3-10-7)9(15)12-6-2-8(14)11-4-6/h5-6H,1-4H2,(H,10,13)(H,11,14)(H,12,15). The molecule has 2 rings (SSSR count). The van der Waals surface area contributed by atoms with Crippen molar-refractivity contribution in [3.05, 3.63) is 0 Å². The quantitative estimate of drug-likeness (QED) is 0.500. The molecular weight excluding hydrogens is 198 g/mol. The molecule has 6 nitrogen and oxygen atoms in total. The largest absolute Gasteiger partial charge is 0.355 e. The van der Waals surface area contributed by atoms with Crippen molar-refractivity contribution in [3.8, 4) is 0 Å². The van der Waals surface area contributed by atoms with Gasteiger partial charge in [-0.05, 0) is 0 Å². The molecule has 3 N–H and O–H groups in total. The van der Waals surface area contributed by atoms with Crippen LogP contribution < -0.4 is 16.0 Å². The summed E-state index contributed by atoms with van der Waals surface area (Å²) < 4.78 is 0. The van der Waals surface area contributed by atoms with Gasteiger partial charge in [0, 0.05) is 25.9 Å². The van der Waals surface area contributed by atoms with Gasteiger partial charge in [-0.1, -0.05) is 0 Å². The van der Waals surface area contributed by atoms with Crippen molar-refractivity contribution >= 4 is 17.7 Å². The van der Waals surface area contributed by atoms with Gasteiger partial charge in [0.25, 0.3) is 0 Å². The maximum absolute atomic E-state index is 11.6. The van der Waals surface area contributed by atoms with E-state index in [0.717, 1.165) is 0 Å². The van der Waals surface area contributed by atoms with Crippen molar-refractivity contribution in [2.45, 2.75) is 18.9 Å². The van der Waals surface area contributed by atoms with Crippen LogP contribution in [0.1, 0.15) is 12.8 Å². The summed E-state index contributed by atoms with van der Waals surface area (Å²) in [6.45, 7) is 0.886. The number of amides is 3. The van der Waals surface area contributed by atoms with Gasteiger partial charge in [0.2, 0.25) is 17.7 Å². The first kappa shape index (κ1) is 9.95. The lowest BCUT2D eigenvalue weighted by Gasteiger charge is -2.13. The zero-order chi connectivity index (χ0) is 10.8. The third-order valence-corrected chi connectivity index (χ3v) is 2.67. The third kappa shape index (κ3) is 2.26. The van der Waals surface area contributed by atoms with Crippen molar-refractivity contribution in [1.29, 1.82) is 0 Å². The predicted octanol–water partition coefficient (Wildman–Crippen LogP) is -1.87. The summed E-state index contributed by atoms with van der Waals surface area (Å²) in [6.07, 6.45) is 0.583. The zero-order valence-corrected chi connectivity index (χ0v) is 8.21. The van der Waals surface area contributed by atoms with E-state index in [0.29, 0.717) is 19.5 Å². The monoisotopic (exact) mass is 211 g/mol. The minimum Gasteiger partial charge on any atom is -0.355 e. The number of rotatable bonds is 2. The van der Waals surface area contributed by atoms with E-state index in [4.69, 9.17) is 0 Å². The van der Waals surface area contributed by atoms with E-state index >= 15 is 0 Å². The summed E-state index contributed by atoms with van der Waals surface area (Å²) in [5.41, 5.74) is 0. The fraction of sp³-hybridized carbons (Fsp3) is 0.667. The van der Waals surface area contributed by atoms with Crippen LogP contribution in [0.2, 0.25) is 0 Å². The first-order chi connectivity index (χ1) is 7.15. The van der Waals surface area contributed by atoms with E-state index in [9.17, 15) is 14.4 Å². The average molecular weight is 211 g/mol. The highest BCUT2D eigenvalue weighted by molar-refractivity contribution is 5.90. The Morgan fingerprint density at radius 2 is 1.80 bits per heavy atom. The van der Waals surface area contributed by atoms with Crippen molar-refractivity contribution < 1.29 is 14.4 Å². The van der Waals surface area contributed by atoms with E-state index in [-0.39, 0.29) is 36.1 Å². The van der Waals surface area contributed by atoms with Gasteiger partial charge >= 0.3 is 0 Å². The van der Waals surface area contributed by atoms with Crippen LogP contribution >= 0.6 is 0 Å². The highest BCUT2D eigenvalue weighted by Gasteiger charge is 2.31. The molecule has 2 aliphatic rings. The Balaban J connectivity index is 1.82. The summed E-state index contributed by atoms with van der Waals surface area (Å²) in [6, 6.07) is -0.124. The average Bonchev–Trinajstić information content (AvgIpc) is 2.75. The highest BCUT2D eigenvalue weighted by Crippen LogP contribution is 2.10. The Morgan fingerprint density at radius 3 is 2.33 bits per heavy atom. The minimum absolute atomic E-state index is 0.0408. The van der Waals surface area contributed by atoms with Gasteiger partial charge < -0.3 is 16.0 Å². The molecule has 0 radical (unpaired) electrons. The number of carbonyl (C=O) groups excluding carboxylic acids is 3. The van der Waals surface area contributed by atoms with Gasteiger partial charge in [-0.25, -0.2) is 0 Å². The Hall–Kier alpha value is -1.59. The van der Waals surface area contributed by atoms with Gasteiger partial charge in [0.15, 0.2) is 0 Å². The molecule has 3 amide bonds. The molecule has 6 heteroatoms. The number of hydrogen-bond donors (Lipinski definition) is 3. The zero-order valence-electron chi connectivity index (χ0n) is 8.21. The topological polar surface area (TPSA) is 87.3 Å². The third-order valence-electron chi connectivity index (χ3n) is 2.67. The molecule has 2 unspecified atom stereocenters. The van der Waals surface area contributed by atoms with Crippen LogP contribution in [0, 0.1) is 5.92 Å². The molecule has 15 heavy (non-hydrogen) atoms. The lowest BCUT2D eigenvalue weighted by Crippen LogP contribution is -2.40. The molecule has 0 aromatic heterocycles. The van der Waals surface area contributed by atoms with Gasteiger partial charge in [-0.15, -0.1) is 0 Å². The van der Waals surface area contributed by atoms with Crippen LogP contribution in [-0.4, -0.2) is 36.9 Å². The minimum atomic E-state index is -0.284. The van der Waals surface area contributed by atoms with Gasteiger partial charge in [0.05, 0.1) is 12.0 Å². The fourth-order valence-corrected chi connectivity index (χ4v) is 1.82. The summed E-state index contributed by atoms with van der Waals surface area (Å²) in [4.78, 5) is 33.4. The van der Waals surface area contributed by atoms with E-state index in [1.165, 1.54) is 0 Å². The van der Waals surface area contributed by atoms with Crippen LogP contribution in [0.15, 0.2) is 0 Å². The normalized spacial score (nSPS) is 29.9. The second kappa shape index (κ2) is 3.88. The lowest BCUT2D eigenvalue weighted by molar-refractivity contribution is -0.127. The van der Waals surface area contributed by atoms with E-state index < -0.39 is 0 Å². The fourth-order valence-electron chi connectivity index (χ4n) is 1.82. The van der Waals surface area contributed by atoms with E-state index in [1.807, 2.05) is 0 Å². The molecule has 0 aromatic rings. The highest BCUT2D eigenvalue weighted by atomic mass is 16.2. The Bertz CT molecular complexity index is 316. The van der Waals surface area contributed by atoms with Crippen LogP contribution in [0.25, 0.3) is 0 Å². The second-order valence-electron chi connectivity index (χ2n) is 3.92. The summed E-state index contributed by atoms with van der Waals surface area (Å²) in [5.74, 6) is -0.556. The maximum atomic E-state index is 11.6. The molecule has 0 aliphatic carbocycles. The van der Waals surface area contributed by atoms with E-state index in [2.05, 4.69) is 16.0 Å². The van der Waals surface area contributed by atoms with Gasteiger partial charge in [-0.3, -0.25) is 14.4 Å². The first-order valence-electron chi connectivity index (χ1n) is 4.99. The molecule has 2 saturated heterocycles. The maximum Gasteiger partial charge on any atom is 0.225 e. The number of nitrogens with one attached hydrogen (secondary N) is 3. The number of carbonyl (C=O) groups is 3. The molecule has 0 saturated carbocycles. The molecule has 0 bridgehead atoms. The molecule has 2 heterocycles. The molecule has 2 atom stereocenters. The lowest BCUT2D eigenvalue weighted by atomic mass is 10.1. The summed E-state index contributed by atoms with van der Waals surface area (Å²) >= 11 is 0. The van der Waals surface area contributed by atoms with E-state index in [1.54, 1.807) is 0 Å². The smallest absolute Gasteiger partial charge is 0.225 e. The summed E-state index contributed by atoms with van der Waals surface area (Å²) in [7, 11) is 0. The van der Waals surface area contributed by atoms with Crippen molar-refractivity contribution in [1.82, 2.24) is 16.0 Å².